The molecule has 0 saturated heterocycles. The molecule has 1 aromatic rings. The molecule has 0 aromatic heterocycles. The van der Waals surface area contributed by atoms with Crippen molar-refractivity contribution < 1.29 is 34.4 Å². The first-order chi connectivity index (χ1) is 9.81. The molecule has 0 spiro atoms. The van der Waals surface area contributed by atoms with Crippen LogP contribution in [0.25, 0.3) is 0 Å². The summed E-state index contributed by atoms with van der Waals surface area (Å²) in [7, 11) is 1.43. The number of carbonyl (C=O) groups excluding carboxylic acids is 1. The van der Waals surface area contributed by atoms with Gasteiger partial charge in [-0.1, -0.05) is 13.2 Å². The number of ether oxygens (including phenoxy) is 1. The first-order valence-electron chi connectivity index (χ1n) is 5.35. The molecule has 7 heteroatoms. The fraction of sp³-hybridized carbons (Fsp3) is 0.0714. The van der Waals surface area contributed by atoms with E-state index in [9.17, 15) is 14.4 Å². The highest BCUT2D eigenvalue weighted by Gasteiger charge is 2.00. The number of hydrogen-bond donors (Lipinski definition) is 3. The summed E-state index contributed by atoms with van der Waals surface area (Å²) in [5.74, 6) is -1.61. The van der Waals surface area contributed by atoms with Gasteiger partial charge in [0.2, 0.25) is 0 Å². The predicted octanol–water partition coefficient (Wildman–Crippen LogP) is 1.73. The van der Waals surface area contributed by atoms with E-state index >= 15 is 0 Å². The first kappa shape index (κ1) is 20.2. The number of methoxy groups -OCH3 is 1. The quantitative estimate of drug-likeness (QED) is 0.571. The molecule has 0 aliphatic heterocycles. The fourth-order valence-electron chi connectivity index (χ4n) is 0.768. The molecular formula is C14H16O7. The van der Waals surface area contributed by atoms with Crippen molar-refractivity contribution in [1.82, 2.24) is 0 Å². The van der Waals surface area contributed by atoms with Crippen molar-refractivity contribution in [3.05, 3.63) is 49.1 Å². The highest BCUT2D eigenvalue weighted by atomic mass is 16.5. The molecule has 0 radical (unpaired) electrons. The lowest BCUT2D eigenvalue weighted by Crippen LogP contribution is -1.85. The smallest absolute Gasteiger partial charge is 0.327 e. The number of aliphatic carboxylic acids is 2. The number of rotatable bonds is 4. The molecule has 114 valence electrons. The van der Waals surface area contributed by atoms with Gasteiger partial charge in [0.25, 0.3) is 0 Å². The SMILES string of the molecule is C=CC(=O)O.C=CC(=O)O.COc1cc(C=O)ccc1O. The monoisotopic (exact) mass is 296 g/mol. The van der Waals surface area contributed by atoms with Crippen LogP contribution in [0.4, 0.5) is 0 Å². The molecule has 7 nitrogen and oxygen atoms in total. The molecule has 1 rings (SSSR count). The highest BCUT2D eigenvalue weighted by molar-refractivity contribution is 5.79. The Balaban J connectivity index is 0. The van der Waals surface area contributed by atoms with Gasteiger partial charge >= 0.3 is 11.9 Å². The van der Waals surface area contributed by atoms with Gasteiger partial charge in [0.15, 0.2) is 11.5 Å². The van der Waals surface area contributed by atoms with Crippen LogP contribution in [0.1, 0.15) is 10.4 Å². The van der Waals surface area contributed by atoms with E-state index in [0.29, 0.717) is 17.6 Å². The van der Waals surface area contributed by atoms with Crippen LogP contribution in [0, 0.1) is 0 Å². The molecule has 0 aliphatic carbocycles. The number of carboxylic acids is 2. The van der Waals surface area contributed by atoms with E-state index in [1.165, 1.54) is 25.3 Å². The van der Waals surface area contributed by atoms with Crippen LogP contribution in [-0.4, -0.2) is 40.7 Å². The third-order valence-corrected chi connectivity index (χ3v) is 1.69. The number of phenolic OH excluding ortho intramolecular Hbond substituents is 1. The molecule has 0 aliphatic rings. The zero-order chi connectivity index (χ0) is 16.8. The molecule has 1 aromatic carbocycles. The van der Waals surface area contributed by atoms with E-state index in [0.717, 1.165) is 12.2 Å². The maximum atomic E-state index is 10.2. The lowest BCUT2D eigenvalue weighted by atomic mass is 10.2. The van der Waals surface area contributed by atoms with Crippen LogP contribution in [0.15, 0.2) is 43.5 Å². The zero-order valence-electron chi connectivity index (χ0n) is 11.4. The number of phenols is 1. The van der Waals surface area contributed by atoms with E-state index in [4.69, 9.17) is 20.1 Å². The molecule has 3 N–H and O–H groups in total. The second-order valence-electron chi connectivity index (χ2n) is 3.13. The summed E-state index contributed by atoms with van der Waals surface area (Å²) in [6.45, 7) is 5.92. The number of carboxylic acid groups (broad SMARTS) is 2. The van der Waals surface area contributed by atoms with Crippen LogP contribution < -0.4 is 4.74 Å². The Bertz CT molecular complexity index is 488. The van der Waals surface area contributed by atoms with Gasteiger partial charge in [-0.2, -0.15) is 0 Å². The summed E-state index contributed by atoms with van der Waals surface area (Å²) in [5.41, 5.74) is 0.486. The molecular weight excluding hydrogens is 280 g/mol. The zero-order valence-corrected chi connectivity index (χ0v) is 11.4. The standard InChI is InChI=1S/C8H8O3.2C3H4O2/c1-11-8-4-6(5-9)2-3-7(8)10;2*1-2-3(4)5/h2-5,10H,1H3;2*2H,1H2,(H,4,5). The number of aromatic hydroxyl groups is 1. The fourth-order valence-corrected chi connectivity index (χ4v) is 0.768. The van der Waals surface area contributed by atoms with Crippen molar-refractivity contribution >= 4 is 18.2 Å². The van der Waals surface area contributed by atoms with Gasteiger partial charge in [0.05, 0.1) is 7.11 Å². The van der Waals surface area contributed by atoms with E-state index in [-0.39, 0.29) is 5.75 Å². The average molecular weight is 296 g/mol. The Labute approximate surface area is 121 Å². The highest BCUT2D eigenvalue weighted by Crippen LogP contribution is 2.25. The lowest BCUT2D eigenvalue weighted by Gasteiger charge is -2.01. The minimum absolute atomic E-state index is 0.0399. The normalized spacial score (nSPS) is 7.86. The van der Waals surface area contributed by atoms with Crippen LogP contribution in [-0.2, 0) is 9.59 Å². The Morgan fingerprint density at radius 3 is 1.86 bits per heavy atom. The van der Waals surface area contributed by atoms with Gasteiger partial charge in [-0.3, -0.25) is 4.79 Å². The number of aldehydes is 1. The Morgan fingerprint density at radius 2 is 1.57 bits per heavy atom. The molecule has 0 amide bonds. The third kappa shape index (κ3) is 11.7. The van der Waals surface area contributed by atoms with Crippen LogP contribution in [0.5, 0.6) is 11.5 Å². The maximum Gasteiger partial charge on any atom is 0.327 e. The molecule has 21 heavy (non-hydrogen) atoms. The van der Waals surface area contributed by atoms with Crippen molar-refractivity contribution in [2.24, 2.45) is 0 Å². The van der Waals surface area contributed by atoms with Gasteiger partial charge in [-0.25, -0.2) is 9.59 Å². The topological polar surface area (TPSA) is 121 Å². The summed E-state index contributed by atoms with van der Waals surface area (Å²) in [6.07, 6.45) is 2.36. The molecule has 0 bridgehead atoms. The summed E-state index contributed by atoms with van der Waals surface area (Å²) >= 11 is 0. The van der Waals surface area contributed by atoms with Gasteiger partial charge in [0.1, 0.15) is 6.29 Å². The minimum Gasteiger partial charge on any atom is -0.504 e. The number of benzene rings is 1. The number of hydrogen-bond acceptors (Lipinski definition) is 5. The largest absolute Gasteiger partial charge is 0.504 e. The van der Waals surface area contributed by atoms with Crippen molar-refractivity contribution in [1.29, 1.82) is 0 Å². The second-order valence-corrected chi connectivity index (χ2v) is 3.13. The second kappa shape index (κ2) is 12.0. The average Bonchev–Trinajstić information content (AvgIpc) is 2.48. The van der Waals surface area contributed by atoms with Crippen molar-refractivity contribution in [2.75, 3.05) is 7.11 Å². The van der Waals surface area contributed by atoms with Crippen LogP contribution in [0.3, 0.4) is 0 Å². The summed E-state index contributed by atoms with van der Waals surface area (Å²) in [6, 6.07) is 4.41. The lowest BCUT2D eigenvalue weighted by molar-refractivity contribution is -0.132. The van der Waals surface area contributed by atoms with Gasteiger partial charge < -0.3 is 20.1 Å². The van der Waals surface area contributed by atoms with Gasteiger partial charge in [0, 0.05) is 17.7 Å². The van der Waals surface area contributed by atoms with Gasteiger partial charge in [-0.05, 0) is 18.2 Å². The molecule has 0 heterocycles. The van der Waals surface area contributed by atoms with E-state index in [2.05, 4.69) is 13.2 Å². The van der Waals surface area contributed by atoms with Crippen molar-refractivity contribution in [2.45, 2.75) is 0 Å². The molecule has 0 fully saturated rings. The predicted molar refractivity (Wildman–Crippen MR) is 75.7 cm³/mol. The summed E-state index contributed by atoms with van der Waals surface area (Å²) in [5, 5.41) is 24.3. The Hall–Kier alpha value is -3.09. The van der Waals surface area contributed by atoms with E-state index in [1.54, 1.807) is 0 Å². The summed E-state index contributed by atoms with van der Waals surface area (Å²) in [4.78, 5) is 28.7. The Kier molecular flexibility index (Phi) is 11.5. The molecule has 0 saturated carbocycles. The molecule has 0 atom stereocenters. The van der Waals surface area contributed by atoms with Crippen molar-refractivity contribution in [3.8, 4) is 11.5 Å². The van der Waals surface area contributed by atoms with Crippen molar-refractivity contribution in [3.63, 3.8) is 0 Å². The minimum atomic E-state index is -0.981. The third-order valence-electron chi connectivity index (χ3n) is 1.69. The van der Waals surface area contributed by atoms with E-state index in [1.807, 2.05) is 0 Å². The summed E-state index contributed by atoms with van der Waals surface area (Å²) < 4.78 is 4.78. The van der Waals surface area contributed by atoms with E-state index < -0.39 is 11.9 Å². The first-order valence-corrected chi connectivity index (χ1v) is 5.35. The maximum absolute atomic E-state index is 10.2. The number of carbonyl (C=O) groups is 3. The van der Waals surface area contributed by atoms with Crippen LogP contribution in [0.2, 0.25) is 0 Å². The Morgan fingerprint density at radius 1 is 1.14 bits per heavy atom. The van der Waals surface area contributed by atoms with Gasteiger partial charge in [-0.15, -0.1) is 0 Å². The molecule has 0 unspecified atom stereocenters. The van der Waals surface area contributed by atoms with Crippen LogP contribution >= 0.6 is 0 Å².